The third kappa shape index (κ3) is 4.01. The maximum absolute atomic E-state index is 13.4. The number of hydrogen-bond acceptors (Lipinski definition) is 3. The van der Waals surface area contributed by atoms with Gasteiger partial charge in [-0.3, -0.25) is 4.79 Å². The molecular formula is C14H18BrFN2O2. The Morgan fingerprint density at radius 3 is 2.85 bits per heavy atom. The van der Waals surface area contributed by atoms with Gasteiger partial charge in [-0.15, -0.1) is 0 Å². The quantitative estimate of drug-likeness (QED) is 0.907. The Kier molecular flexibility index (Phi) is 5.51. The summed E-state index contributed by atoms with van der Waals surface area (Å²) in [5, 5.41) is 3.13. The van der Waals surface area contributed by atoms with E-state index in [0.717, 1.165) is 5.56 Å². The molecule has 1 amide bonds. The summed E-state index contributed by atoms with van der Waals surface area (Å²) in [5.41, 5.74) is 0.812. The van der Waals surface area contributed by atoms with Gasteiger partial charge in [0.15, 0.2) is 0 Å². The van der Waals surface area contributed by atoms with Crippen molar-refractivity contribution in [2.24, 2.45) is 0 Å². The minimum Gasteiger partial charge on any atom is -0.378 e. The van der Waals surface area contributed by atoms with Crippen LogP contribution in [0.25, 0.3) is 0 Å². The van der Waals surface area contributed by atoms with Gasteiger partial charge in [0.05, 0.1) is 23.7 Å². The molecule has 110 valence electrons. The molecule has 1 aliphatic heterocycles. The van der Waals surface area contributed by atoms with E-state index < -0.39 is 0 Å². The van der Waals surface area contributed by atoms with E-state index >= 15 is 0 Å². The van der Waals surface area contributed by atoms with Gasteiger partial charge in [-0.1, -0.05) is 6.07 Å². The highest BCUT2D eigenvalue weighted by Gasteiger charge is 2.21. The first-order valence-corrected chi connectivity index (χ1v) is 7.41. The predicted octanol–water partition coefficient (Wildman–Crippen LogP) is 1.93. The smallest absolute Gasteiger partial charge is 0.239 e. The molecule has 0 aliphatic carbocycles. The van der Waals surface area contributed by atoms with Crippen molar-refractivity contribution in [2.45, 2.75) is 19.5 Å². The fraction of sp³-hybridized carbons (Fsp3) is 0.500. The molecule has 1 saturated heterocycles. The fourth-order valence-corrected chi connectivity index (χ4v) is 2.31. The van der Waals surface area contributed by atoms with Crippen molar-refractivity contribution in [3.8, 4) is 0 Å². The molecule has 0 aromatic heterocycles. The van der Waals surface area contributed by atoms with Crippen LogP contribution in [0.15, 0.2) is 22.7 Å². The van der Waals surface area contributed by atoms with Crippen LogP contribution >= 0.6 is 15.9 Å². The molecule has 6 heteroatoms. The lowest BCUT2D eigenvalue weighted by molar-refractivity contribution is -0.137. The SMILES string of the molecule is CC(NCc1ccc(Br)c(F)c1)C(=O)N1CCOCC1. The van der Waals surface area contributed by atoms with Gasteiger partial charge in [-0.2, -0.15) is 0 Å². The molecule has 1 aromatic rings. The zero-order chi connectivity index (χ0) is 14.5. The molecular weight excluding hydrogens is 327 g/mol. The first-order chi connectivity index (χ1) is 9.58. The van der Waals surface area contributed by atoms with E-state index in [1.54, 1.807) is 11.0 Å². The number of benzene rings is 1. The Hall–Kier alpha value is -0.980. The summed E-state index contributed by atoms with van der Waals surface area (Å²) >= 11 is 3.12. The minimum absolute atomic E-state index is 0.0610. The van der Waals surface area contributed by atoms with Crippen molar-refractivity contribution in [1.29, 1.82) is 0 Å². The van der Waals surface area contributed by atoms with Crippen molar-refractivity contribution in [2.75, 3.05) is 26.3 Å². The van der Waals surface area contributed by atoms with Crippen LogP contribution in [-0.4, -0.2) is 43.2 Å². The average Bonchev–Trinajstić information content (AvgIpc) is 2.48. The number of ether oxygens (including phenoxy) is 1. The normalized spacial score (nSPS) is 17.1. The lowest BCUT2D eigenvalue weighted by atomic mass is 10.2. The third-order valence-electron chi connectivity index (χ3n) is 3.29. The Morgan fingerprint density at radius 2 is 2.20 bits per heavy atom. The van der Waals surface area contributed by atoms with Gasteiger partial charge in [0.2, 0.25) is 5.91 Å². The van der Waals surface area contributed by atoms with Crippen LogP contribution < -0.4 is 5.32 Å². The summed E-state index contributed by atoms with van der Waals surface area (Å²) < 4.78 is 19.1. The maximum Gasteiger partial charge on any atom is 0.239 e. The van der Waals surface area contributed by atoms with Crippen LogP contribution in [0.3, 0.4) is 0 Å². The highest BCUT2D eigenvalue weighted by molar-refractivity contribution is 9.10. The van der Waals surface area contributed by atoms with Gasteiger partial charge in [-0.05, 0) is 40.5 Å². The van der Waals surface area contributed by atoms with E-state index in [1.165, 1.54) is 6.07 Å². The topological polar surface area (TPSA) is 41.6 Å². The Labute approximate surface area is 126 Å². The van der Waals surface area contributed by atoms with E-state index in [1.807, 2.05) is 13.0 Å². The van der Waals surface area contributed by atoms with Crippen molar-refractivity contribution in [1.82, 2.24) is 10.2 Å². The highest BCUT2D eigenvalue weighted by atomic mass is 79.9. The molecule has 0 radical (unpaired) electrons. The van der Waals surface area contributed by atoms with Crippen LogP contribution in [0.1, 0.15) is 12.5 Å². The van der Waals surface area contributed by atoms with Crippen molar-refractivity contribution < 1.29 is 13.9 Å². The molecule has 4 nitrogen and oxygen atoms in total. The lowest BCUT2D eigenvalue weighted by Crippen LogP contribution is -2.49. The number of hydrogen-bond donors (Lipinski definition) is 1. The number of amides is 1. The van der Waals surface area contributed by atoms with Gasteiger partial charge in [0, 0.05) is 19.6 Å². The van der Waals surface area contributed by atoms with Crippen molar-refractivity contribution in [3.05, 3.63) is 34.1 Å². The lowest BCUT2D eigenvalue weighted by Gasteiger charge is -2.29. The Morgan fingerprint density at radius 1 is 1.50 bits per heavy atom. The number of rotatable bonds is 4. The second kappa shape index (κ2) is 7.15. The summed E-state index contributed by atoms with van der Waals surface area (Å²) in [4.78, 5) is 14.0. The molecule has 0 saturated carbocycles. The fourth-order valence-electron chi connectivity index (χ4n) is 2.07. The van der Waals surface area contributed by atoms with Crippen LogP contribution in [-0.2, 0) is 16.1 Å². The first kappa shape index (κ1) is 15.4. The number of carbonyl (C=O) groups excluding carboxylic acids is 1. The van der Waals surface area contributed by atoms with Crippen molar-refractivity contribution >= 4 is 21.8 Å². The largest absolute Gasteiger partial charge is 0.378 e. The minimum atomic E-state index is -0.295. The van der Waals surface area contributed by atoms with Crippen LogP contribution in [0, 0.1) is 5.82 Å². The van der Waals surface area contributed by atoms with E-state index in [4.69, 9.17) is 4.74 Å². The molecule has 1 unspecified atom stereocenters. The predicted molar refractivity (Wildman–Crippen MR) is 77.8 cm³/mol. The molecule has 1 heterocycles. The zero-order valence-electron chi connectivity index (χ0n) is 11.4. The highest BCUT2D eigenvalue weighted by Crippen LogP contribution is 2.16. The van der Waals surface area contributed by atoms with E-state index in [9.17, 15) is 9.18 Å². The van der Waals surface area contributed by atoms with Crippen LogP contribution in [0.5, 0.6) is 0 Å². The average molecular weight is 345 g/mol. The van der Waals surface area contributed by atoms with Gasteiger partial charge >= 0.3 is 0 Å². The number of morpholine rings is 1. The second-order valence-electron chi connectivity index (χ2n) is 4.79. The summed E-state index contributed by atoms with van der Waals surface area (Å²) in [5.74, 6) is -0.234. The first-order valence-electron chi connectivity index (χ1n) is 6.62. The third-order valence-corrected chi connectivity index (χ3v) is 3.93. The molecule has 2 rings (SSSR count). The maximum atomic E-state index is 13.4. The number of nitrogens with one attached hydrogen (secondary N) is 1. The Bertz CT molecular complexity index is 478. The molecule has 20 heavy (non-hydrogen) atoms. The molecule has 0 spiro atoms. The summed E-state index contributed by atoms with van der Waals surface area (Å²) in [6.07, 6.45) is 0. The number of carbonyl (C=O) groups is 1. The second-order valence-corrected chi connectivity index (χ2v) is 5.64. The summed E-state index contributed by atoms with van der Waals surface area (Å²) in [6, 6.07) is 4.66. The van der Waals surface area contributed by atoms with Gasteiger partial charge in [0.1, 0.15) is 5.82 Å². The van der Waals surface area contributed by atoms with Gasteiger partial charge in [-0.25, -0.2) is 4.39 Å². The van der Waals surface area contributed by atoms with Crippen LogP contribution in [0.4, 0.5) is 4.39 Å². The van der Waals surface area contributed by atoms with Crippen LogP contribution in [0.2, 0.25) is 0 Å². The van der Waals surface area contributed by atoms with Gasteiger partial charge < -0.3 is 15.0 Å². The molecule has 1 atom stereocenters. The van der Waals surface area contributed by atoms with E-state index in [-0.39, 0.29) is 17.8 Å². The molecule has 1 aromatic carbocycles. The molecule has 0 bridgehead atoms. The Balaban J connectivity index is 1.85. The van der Waals surface area contributed by atoms with Crippen molar-refractivity contribution in [3.63, 3.8) is 0 Å². The standard InChI is InChI=1S/C14H18BrFN2O2/c1-10(14(19)18-4-6-20-7-5-18)17-9-11-2-3-12(15)13(16)8-11/h2-3,8,10,17H,4-7,9H2,1H3. The number of nitrogens with zero attached hydrogens (tertiary/aromatic N) is 1. The summed E-state index contributed by atoms with van der Waals surface area (Å²) in [7, 11) is 0. The molecule has 1 fully saturated rings. The number of halogens is 2. The zero-order valence-corrected chi connectivity index (χ0v) is 13.0. The van der Waals surface area contributed by atoms with Gasteiger partial charge in [0.25, 0.3) is 0 Å². The monoisotopic (exact) mass is 344 g/mol. The van der Waals surface area contributed by atoms with E-state index in [0.29, 0.717) is 37.3 Å². The van der Waals surface area contributed by atoms with E-state index in [2.05, 4.69) is 21.2 Å². The summed E-state index contributed by atoms with van der Waals surface area (Å²) in [6.45, 7) is 4.75. The molecule has 1 aliphatic rings. The molecule has 1 N–H and O–H groups in total.